The molecular weight excluding hydrogens is 1720 g/mol. The van der Waals surface area contributed by atoms with Gasteiger partial charge in [-0.1, -0.05) is 352 Å². The van der Waals surface area contributed by atoms with Crippen LogP contribution in [0.15, 0.2) is 423 Å². The van der Waals surface area contributed by atoms with Crippen LogP contribution in [-0.2, 0) is 0 Å². The molecule has 0 atom stereocenters. The Labute approximate surface area is 778 Å². The fourth-order valence-electron chi connectivity index (χ4n) is 22.0. The van der Waals surface area contributed by atoms with E-state index < -0.39 is 0 Å². The SMILES string of the molecule is c1ccc(-c2c3ccccc3c(-n3c4c5ccccc5sc4c4sc5ccccc5c43)c3ccccc23)cc1.c1ccc2cc(-c3c4ccccc4c(-n4c5c6ccccc6sc5c5sc6ccccc6c54)c4ccccc34)ccc2c1.c1ccc2cc3c(cc2c1)oc1ccc(-c2c4ccccc4c(-n4c5c6ccccc6sc5c5sc6ccccc6c54)c4ccccc24)cc13. The van der Waals surface area contributed by atoms with Gasteiger partial charge in [0.05, 0.1) is 78.4 Å². The molecule has 0 bridgehead atoms. The Morgan fingerprint density at radius 3 is 0.712 bits per heavy atom. The molecule has 614 valence electrons. The van der Waals surface area contributed by atoms with Crippen LogP contribution >= 0.6 is 68.0 Å². The molecule has 0 aliphatic carbocycles. The molecule has 0 aliphatic rings. The van der Waals surface area contributed by atoms with E-state index in [2.05, 4.69) is 432 Å². The zero-order valence-corrected chi connectivity index (χ0v) is 75.4. The van der Waals surface area contributed by atoms with Gasteiger partial charge in [-0.25, -0.2) is 0 Å². The fraction of sp³-hybridized carbons (Fsp3) is 0. The van der Waals surface area contributed by atoms with E-state index in [0.717, 1.165) is 21.9 Å². The third-order valence-electron chi connectivity index (χ3n) is 27.5. The van der Waals surface area contributed by atoms with Gasteiger partial charge in [0.2, 0.25) is 0 Å². The van der Waals surface area contributed by atoms with Gasteiger partial charge in [0.1, 0.15) is 11.2 Å². The van der Waals surface area contributed by atoms with Gasteiger partial charge in [0.25, 0.3) is 0 Å². The topological polar surface area (TPSA) is 27.9 Å². The third-order valence-corrected chi connectivity index (χ3v) is 34.9. The third kappa shape index (κ3) is 10.9. The van der Waals surface area contributed by atoms with Crippen LogP contribution in [0.1, 0.15) is 0 Å². The number of nitrogens with zero attached hydrogens (tertiary/aromatic N) is 3. The summed E-state index contributed by atoms with van der Waals surface area (Å²) >= 11 is 11.5. The summed E-state index contributed by atoms with van der Waals surface area (Å²) in [6.45, 7) is 0. The molecule has 132 heavy (non-hydrogen) atoms. The highest BCUT2D eigenvalue weighted by Crippen LogP contribution is 2.57. The average Bonchev–Trinajstić information content (AvgIpc) is 1.59. The van der Waals surface area contributed by atoms with Gasteiger partial charge in [0, 0.05) is 104 Å². The first-order chi connectivity index (χ1) is 65.5. The van der Waals surface area contributed by atoms with Crippen molar-refractivity contribution in [2.24, 2.45) is 0 Å². The van der Waals surface area contributed by atoms with Crippen LogP contribution in [-0.4, -0.2) is 13.7 Å². The molecule has 0 saturated carbocycles. The number of furan rings is 1. The van der Waals surface area contributed by atoms with Gasteiger partial charge in [-0.05, 0) is 154 Å². The Kier molecular flexibility index (Phi) is 16.4. The number of hydrogen-bond acceptors (Lipinski definition) is 7. The summed E-state index contributed by atoms with van der Waals surface area (Å²) in [4.78, 5) is 0. The second-order valence-electron chi connectivity index (χ2n) is 34.5. The van der Waals surface area contributed by atoms with Crippen LogP contribution in [0.25, 0.3) is 280 Å². The minimum atomic E-state index is 0.912. The van der Waals surface area contributed by atoms with E-state index in [1.54, 1.807) is 0 Å². The molecule has 0 fully saturated rings. The minimum absolute atomic E-state index is 0.912. The second-order valence-corrected chi connectivity index (χ2v) is 40.9. The summed E-state index contributed by atoms with van der Waals surface area (Å²) < 4.78 is 30.5. The predicted molar refractivity (Wildman–Crippen MR) is 578 cm³/mol. The highest BCUT2D eigenvalue weighted by atomic mass is 32.1. The first-order valence-corrected chi connectivity index (χ1v) is 49.6. The summed E-state index contributed by atoms with van der Waals surface area (Å²) in [5, 5.41) is 30.3. The van der Waals surface area contributed by atoms with Crippen molar-refractivity contribution >= 4 is 298 Å². The van der Waals surface area contributed by atoms with Crippen LogP contribution in [0.2, 0.25) is 0 Å². The number of aromatic nitrogens is 3. The molecule has 4 nitrogen and oxygen atoms in total. The van der Waals surface area contributed by atoms with Crippen LogP contribution in [0.3, 0.4) is 0 Å². The Hall–Kier alpha value is -15.3. The Balaban J connectivity index is 0.0000000978. The summed E-state index contributed by atoms with van der Waals surface area (Å²) in [5.74, 6) is 0. The lowest BCUT2D eigenvalue weighted by Gasteiger charge is -2.19. The first-order valence-electron chi connectivity index (χ1n) is 44.7. The molecule has 31 aromatic rings. The maximum absolute atomic E-state index is 6.43. The summed E-state index contributed by atoms with van der Waals surface area (Å²) in [5.41, 5.74) is 21.1. The van der Waals surface area contributed by atoms with E-state index in [1.165, 1.54) is 258 Å². The first kappa shape index (κ1) is 74.6. The van der Waals surface area contributed by atoms with Crippen LogP contribution in [0, 0.1) is 0 Å². The molecule has 0 radical (unpaired) electrons. The van der Waals surface area contributed by atoms with Crippen molar-refractivity contribution in [3.63, 3.8) is 0 Å². The van der Waals surface area contributed by atoms with Gasteiger partial charge in [0.15, 0.2) is 0 Å². The van der Waals surface area contributed by atoms with Gasteiger partial charge in [-0.2, -0.15) is 0 Å². The minimum Gasteiger partial charge on any atom is -0.456 e. The van der Waals surface area contributed by atoms with Crippen molar-refractivity contribution in [1.82, 2.24) is 13.7 Å². The van der Waals surface area contributed by atoms with Gasteiger partial charge < -0.3 is 18.1 Å². The number of hydrogen-bond donors (Lipinski definition) is 0. The van der Waals surface area contributed by atoms with Crippen LogP contribution in [0.4, 0.5) is 0 Å². The second kappa shape index (κ2) is 29.1. The van der Waals surface area contributed by atoms with Crippen molar-refractivity contribution in [2.75, 3.05) is 0 Å². The normalized spacial score (nSPS) is 12.2. The maximum atomic E-state index is 6.43. The molecular formula is C122H69N3OS6. The Morgan fingerprint density at radius 1 is 0.152 bits per heavy atom. The lowest BCUT2D eigenvalue weighted by molar-refractivity contribution is 0.669. The summed E-state index contributed by atoms with van der Waals surface area (Å²) in [6, 6.07) is 153. The van der Waals surface area contributed by atoms with Crippen molar-refractivity contribution < 1.29 is 4.42 Å². The maximum Gasteiger partial charge on any atom is 0.136 e. The summed E-state index contributed by atoms with van der Waals surface area (Å²) in [7, 11) is 0. The quantitative estimate of drug-likeness (QED) is 0.153. The monoisotopic (exact) mass is 1780 g/mol. The highest BCUT2D eigenvalue weighted by Gasteiger charge is 2.31. The average molecular weight is 1790 g/mol. The van der Waals surface area contributed by atoms with Crippen LogP contribution < -0.4 is 0 Å². The van der Waals surface area contributed by atoms with Gasteiger partial charge in [-0.15, -0.1) is 68.0 Å². The van der Waals surface area contributed by atoms with Gasteiger partial charge in [-0.3, -0.25) is 0 Å². The van der Waals surface area contributed by atoms with Crippen molar-refractivity contribution in [3.05, 3.63) is 419 Å². The molecule has 10 heteroatoms. The zero-order chi connectivity index (χ0) is 86.1. The molecule has 0 N–H and O–H groups in total. The van der Waals surface area contributed by atoms with E-state index in [-0.39, 0.29) is 0 Å². The van der Waals surface area contributed by atoms with E-state index in [0.29, 0.717) is 0 Å². The molecule has 0 amide bonds. The van der Waals surface area contributed by atoms with E-state index in [9.17, 15) is 0 Å². The molecule has 10 aromatic heterocycles. The standard InChI is InChI=1S/C46H25NOS2.C40H23NS2.C36H21NS2/c1-2-12-27-25-38-36(23-26(27)11-1)35-24-28(21-22-37(35)48-38)41-29-13-3-5-15-31(29)42(32-16-6-4-14-30(32)41)47-43-33-17-7-9-19-39(33)49-45(43)46-44(47)34-18-8-10-20-40(34)50-46;1-2-12-25-23-26(22-21-24(25)11-1)35-27-13-3-5-15-29(27)36(30-16-6-4-14-28(30)35)41-37-31-17-7-9-19-33(31)42-39(37)40-38(41)32-18-8-10-20-34(32)43-40;1-2-12-22(13-3-1)31-23-14-4-6-16-25(23)32(26-17-7-5-15-24(26)31)37-33-27-18-8-10-20-29(27)38-35(33)36-34(37)28-19-9-11-21-30(28)39-36/h1-25H;1-23H;1-21H. The molecule has 31 rings (SSSR count). The summed E-state index contributed by atoms with van der Waals surface area (Å²) in [6.07, 6.45) is 0. The largest absolute Gasteiger partial charge is 0.456 e. The molecule has 0 aliphatic heterocycles. The number of benzene rings is 21. The van der Waals surface area contributed by atoms with E-state index in [4.69, 9.17) is 4.42 Å². The molecule has 0 spiro atoms. The van der Waals surface area contributed by atoms with E-state index >= 15 is 0 Å². The van der Waals surface area contributed by atoms with Crippen molar-refractivity contribution in [2.45, 2.75) is 0 Å². The zero-order valence-electron chi connectivity index (χ0n) is 70.5. The van der Waals surface area contributed by atoms with Crippen LogP contribution in [0.5, 0.6) is 0 Å². The number of thiophene rings is 6. The lowest BCUT2D eigenvalue weighted by atomic mass is 9.89. The van der Waals surface area contributed by atoms with E-state index in [1.807, 2.05) is 68.0 Å². The number of fused-ring (bicyclic) bond motifs is 32. The number of rotatable bonds is 6. The Morgan fingerprint density at radius 2 is 0.386 bits per heavy atom. The molecule has 10 heterocycles. The fourth-order valence-corrected chi connectivity index (χ4v) is 29.5. The highest BCUT2D eigenvalue weighted by molar-refractivity contribution is 7.35. The van der Waals surface area contributed by atoms with Crippen molar-refractivity contribution in [1.29, 1.82) is 0 Å². The molecule has 0 saturated heterocycles. The van der Waals surface area contributed by atoms with Crippen molar-refractivity contribution in [3.8, 4) is 50.4 Å². The Bertz CT molecular complexity index is 9930. The molecule has 21 aromatic carbocycles. The smallest absolute Gasteiger partial charge is 0.136 e. The molecule has 0 unspecified atom stereocenters. The van der Waals surface area contributed by atoms with Gasteiger partial charge >= 0.3 is 0 Å². The predicted octanol–water partition coefficient (Wildman–Crippen LogP) is 37.8. The lowest BCUT2D eigenvalue weighted by Crippen LogP contribution is -1.99.